The first-order valence-electron chi connectivity index (χ1n) is 12.4. The molecule has 2 heterocycles. The van der Waals surface area contributed by atoms with Crippen molar-refractivity contribution in [2.45, 2.75) is 50.5 Å². The van der Waals surface area contributed by atoms with E-state index in [-0.39, 0.29) is 30.7 Å². The number of ether oxygens (including phenoxy) is 1. The number of para-hydroxylation sites is 1. The molecule has 4 rings (SSSR count). The minimum Gasteiger partial charge on any atom is -0.480 e. The Bertz CT molecular complexity index is 1210. The van der Waals surface area contributed by atoms with E-state index in [9.17, 15) is 34.8 Å². The average Bonchev–Trinajstić information content (AvgIpc) is 3.65. The molecule has 204 valence electrons. The molecule has 1 fully saturated rings. The highest BCUT2D eigenvalue weighted by molar-refractivity contribution is 5.95. The summed E-state index contributed by atoms with van der Waals surface area (Å²) in [6, 6.07) is 6.26. The van der Waals surface area contributed by atoms with Crippen molar-refractivity contribution >= 4 is 23.5 Å². The van der Waals surface area contributed by atoms with Gasteiger partial charge in [-0.25, -0.2) is 9.48 Å². The summed E-state index contributed by atoms with van der Waals surface area (Å²) in [6.45, 7) is 1.19. The van der Waals surface area contributed by atoms with Crippen molar-refractivity contribution in [3.05, 3.63) is 42.3 Å². The third kappa shape index (κ3) is 6.18. The molecule has 1 aliphatic carbocycles. The van der Waals surface area contributed by atoms with Gasteiger partial charge in [0.25, 0.3) is 0 Å². The van der Waals surface area contributed by atoms with Crippen molar-refractivity contribution in [3.63, 3.8) is 0 Å². The molecule has 38 heavy (non-hydrogen) atoms. The average molecular weight is 530 g/mol. The molecule has 13 heteroatoms. The maximum atomic E-state index is 12.5. The third-order valence-corrected chi connectivity index (χ3v) is 6.66. The molecule has 0 saturated heterocycles. The third-order valence-electron chi connectivity index (χ3n) is 6.66. The predicted molar refractivity (Wildman–Crippen MR) is 132 cm³/mol. The molecular weight excluding hydrogens is 498 g/mol. The van der Waals surface area contributed by atoms with E-state index < -0.39 is 48.6 Å². The zero-order valence-corrected chi connectivity index (χ0v) is 20.7. The standard InChI is InChI=1S/C25H31N5O8/c1-13-18(10-20(25(36)37)38-23(13)22(34)19(32)12-31)30-11-17(28-29-30)15-4-2-3-5-16(15)27-21(33)8-9-26-24(35)14-6-7-14/h2-5,10-11,13-14,18-19,22-23,31-32,34H,6-9,12H2,1H3,(H,26,35)(H,27,33)(H,36,37)/t13-,18+,19-,22-,23-/m1/s1. The van der Waals surface area contributed by atoms with Crippen LogP contribution < -0.4 is 10.6 Å². The molecule has 13 nitrogen and oxygen atoms in total. The quantitative estimate of drug-likeness (QED) is 0.231. The molecule has 0 unspecified atom stereocenters. The highest BCUT2D eigenvalue weighted by atomic mass is 16.5. The number of allylic oxidation sites excluding steroid dienone is 1. The number of carboxylic acid groups (broad SMARTS) is 1. The lowest BCUT2D eigenvalue weighted by atomic mass is 9.87. The van der Waals surface area contributed by atoms with Crippen molar-refractivity contribution in [2.24, 2.45) is 11.8 Å². The lowest BCUT2D eigenvalue weighted by Crippen LogP contribution is -2.48. The highest BCUT2D eigenvalue weighted by Crippen LogP contribution is 2.35. The van der Waals surface area contributed by atoms with Crippen LogP contribution in [0, 0.1) is 11.8 Å². The van der Waals surface area contributed by atoms with Gasteiger partial charge in [0, 0.05) is 30.4 Å². The van der Waals surface area contributed by atoms with Crippen molar-refractivity contribution in [2.75, 3.05) is 18.5 Å². The van der Waals surface area contributed by atoms with Crippen LogP contribution in [0.25, 0.3) is 11.3 Å². The highest BCUT2D eigenvalue weighted by Gasteiger charge is 2.41. The van der Waals surface area contributed by atoms with Gasteiger partial charge in [-0.2, -0.15) is 0 Å². The summed E-state index contributed by atoms with van der Waals surface area (Å²) in [5, 5.41) is 53.0. The number of benzene rings is 1. The van der Waals surface area contributed by atoms with Gasteiger partial charge in [0.2, 0.25) is 17.6 Å². The Morgan fingerprint density at radius 1 is 1.21 bits per heavy atom. The molecule has 5 atom stereocenters. The van der Waals surface area contributed by atoms with Gasteiger partial charge in [-0.05, 0) is 25.0 Å². The van der Waals surface area contributed by atoms with E-state index in [1.165, 1.54) is 10.8 Å². The number of hydrogen-bond acceptors (Lipinski definition) is 9. The second kappa shape index (κ2) is 11.7. The zero-order chi connectivity index (χ0) is 27.4. The van der Waals surface area contributed by atoms with Gasteiger partial charge < -0.3 is 35.8 Å². The minimum absolute atomic E-state index is 0.0297. The first-order valence-corrected chi connectivity index (χ1v) is 12.4. The number of nitrogens with one attached hydrogen (secondary N) is 2. The van der Waals surface area contributed by atoms with Crippen LogP contribution in [0.15, 0.2) is 42.3 Å². The number of aliphatic carboxylic acids is 1. The number of aliphatic hydroxyl groups is 3. The van der Waals surface area contributed by atoms with Gasteiger partial charge in [0.05, 0.1) is 24.5 Å². The van der Waals surface area contributed by atoms with E-state index in [1.54, 1.807) is 37.4 Å². The first kappa shape index (κ1) is 27.2. The topological polar surface area (TPSA) is 196 Å². The van der Waals surface area contributed by atoms with Crippen molar-refractivity contribution in [1.82, 2.24) is 20.3 Å². The van der Waals surface area contributed by atoms with Gasteiger partial charge in [0.1, 0.15) is 24.0 Å². The number of aromatic nitrogens is 3. The second-order valence-electron chi connectivity index (χ2n) is 9.50. The molecule has 1 saturated carbocycles. The summed E-state index contributed by atoms with van der Waals surface area (Å²) >= 11 is 0. The summed E-state index contributed by atoms with van der Waals surface area (Å²) in [7, 11) is 0. The number of nitrogens with zero attached hydrogens (tertiary/aromatic N) is 3. The van der Waals surface area contributed by atoms with Crippen LogP contribution in [0.1, 0.15) is 32.2 Å². The van der Waals surface area contributed by atoms with Gasteiger partial charge >= 0.3 is 5.97 Å². The molecule has 0 bridgehead atoms. The molecular formula is C25H31N5O8. The largest absolute Gasteiger partial charge is 0.480 e. The number of carboxylic acids is 1. The lowest BCUT2D eigenvalue weighted by molar-refractivity contribution is -0.148. The van der Waals surface area contributed by atoms with Crippen LogP contribution in [0.4, 0.5) is 5.69 Å². The molecule has 2 amide bonds. The molecule has 1 aliphatic heterocycles. The minimum atomic E-state index is -1.55. The Balaban J connectivity index is 1.51. The maximum absolute atomic E-state index is 12.5. The molecule has 6 N–H and O–H groups in total. The van der Waals surface area contributed by atoms with Gasteiger partial charge in [0.15, 0.2) is 0 Å². The summed E-state index contributed by atoms with van der Waals surface area (Å²) in [5.74, 6) is -2.60. The summed E-state index contributed by atoms with van der Waals surface area (Å²) < 4.78 is 6.84. The Morgan fingerprint density at radius 2 is 1.95 bits per heavy atom. The smallest absolute Gasteiger partial charge is 0.370 e. The normalized spacial score (nSPS) is 22.5. The Morgan fingerprint density at radius 3 is 2.63 bits per heavy atom. The van der Waals surface area contributed by atoms with Crippen LogP contribution in [0.3, 0.4) is 0 Å². The van der Waals surface area contributed by atoms with Crippen LogP contribution in [0.2, 0.25) is 0 Å². The number of hydrogen-bond donors (Lipinski definition) is 6. The fraction of sp³-hybridized carbons (Fsp3) is 0.480. The van der Waals surface area contributed by atoms with Crippen LogP contribution in [0.5, 0.6) is 0 Å². The number of amides is 2. The van der Waals surface area contributed by atoms with E-state index in [0.29, 0.717) is 16.9 Å². The Hall–Kier alpha value is -3.81. The van der Waals surface area contributed by atoms with Crippen molar-refractivity contribution in [1.29, 1.82) is 0 Å². The fourth-order valence-electron chi connectivity index (χ4n) is 4.30. The summed E-state index contributed by atoms with van der Waals surface area (Å²) in [5.41, 5.74) is 1.46. The maximum Gasteiger partial charge on any atom is 0.370 e. The SMILES string of the molecule is C[C@H]1[C@H]([C@H](O)[C@H](O)CO)OC(C(=O)O)=C[C@@H]1n1cc(-c2ccccc2NC(=O)CCNC(=O)C2CC2)nn1. The van der Waals surface area contributed by atoms with E-state index in [1.807, 2.05) is 0 Å². The molecule has 0 spiro atoms. The molecule has 2 aromatic rings. The van der Waals surface area contributed by atoms with E-state index in [0.717, 1.165) is 12.8 Å². The van der Waals surface area contributed by atoms with Gasteiger partial charge in [-0.1, -0.05) is 30.3 Å². The number of carbonyl (C=O) groups is 3. The summed E-state index contributed by atoms with van der Waals surface area (Å²) in [6.07, 6.45) is 0.576. The van der Waals surface area contributed by atoms with Crippen LogP contribution in [-0.4, -0.2) is 84.7 Å². The number of carbonyl (C=O) groups excluding carboxylic acids is 2. The van der Waals surface area contributed by atoms with Gasteiger partial charge in [-0.3, -0.25) is 9.59 Å². The van der Waals surface area contributed by atoms with Crippen LogP contribution in [-0.2, 0) is 19.1 Å². The molecule has 1 aromatic heterocycles. The van der Waals surface area contributed by atoms with Crippen molar-refractivity contribution < 1.29 is 39.5 Å². The van der Waals surface area contributed by atoms with E-state index in [4.69, 9.17) is 4.74 Å². The Kier molecular flexibility index (Phi) is 8.39. The number of aliphatic hydroxyl groups excluding tert-OH is 3. The first-order chi connectivity index (χ1) is 18.2. The van der Waals surface area contributed by atoms with Crippen molar-refractivity contribution in [3.8, 4) is 11.3 Å². The molecule has 1 aromatic carbocycles. The van der Waals surface area contributed by atoms with Gasteiger partial charge in [-0.15, -0.1) is 5.10 Å². The van der Waals surface area contributed by atoms with Crippen LogP contribution >= 0.6 is 0 Å². The zero-order valence-electron chi connectivity index (χ0n) is 20.7. The van der Waals surface area contributed by atoms with E-state index in [2.05, 4.69) is 20.9 Å². The second-order valence-corrected chi connectivity index (χ2v) is 9.50. The molecule has 0 radical (unpaired) electrons. The fourth-order valence-corrected chi connectivity index (χ4v) is 4.30. The number of anilines is 1. The molecule has 2 aliphatic rings. The summed E-state index contributed by atoms with van der Waals surface area (Å²) in [4.78, 5) is 35.9. The number of rotatable bonds is 11. The van der Waals surface area contributed by atoms with E-state index >= 15 is 0 Å². The monoisotopic (exact) mass is 529 g/mol. The Labute approximate surface area is 218 Å². The lowest BCUT2D eigenvalue weighted by Gasteiger charge is -2.37. The predicted octanol–water partition coefficient (Wildman–Crippen LogP) is 0.0585.